The van der Waals surface area contributed by atoms with Crippen LogP contribution in [0.15, 0.2) is 121 Å². The number of benzene rings is 6. The molecule has 2 heterocycles. The van der Waals surface area contributed by atoms with Crippen molar-refractivity contribution in [1.82, 2.24) is 15.0 Å². The quantitative estimate of drug-likeness (QED) is 0.102. The van der Waals surface area contributed by atoms with Gasteiger partial charge in [0, 0.05) is 27.3 Å². The Kier molecular flexibility index (Phi) is 8.44. The molecule has 8 aromatic rings. The SMILES string of the molecule is [C-]#[N+]c1ccc(-c2nc3cc([N+]#[C-])c4c(-c5ccccc5-c5cc(C(F)(F)F)cc(C(F)(F)F)c5)nc5ccccc5c4c3nc2-c2ccc(C#N)cc2)cc1. The third-order valence-electron chi connectivity index (χ3n) is 9.34. The van der Waals surface area contributed by atoms with Crippen LogP contribution in [-0.2, 0) is 12.4 Å². The van der Waals surface area contributed by atoms with Crippen molar-refractivity contribution in [3.63, 3.8) is 0 Å². The van der Waals surface area contributed by atoms with Crippen LogP contribution in [0.3, 0.4) is 0 Å². The van der Waals surface area contributed by atoms with Crippen LogP contribution in [0.5, 0.6) is 0 Å². The summed E-state index contributed by atoms with van der Waals surface area (Å²) in [7, 11) is 0. The van der Waals surface area contributed by atoms with E-state index >= 15 is 0 Å². The Balaban J connectivity index is 1.49. The summed E-state index contributed by atoms with van der Waals surface area (Å²) < 4.78 is 84.1. The van der Waals surface area contributed by atoms with Gasteiger partial charge in [-0.25, -0.2) is 24.6 Å². The van der Waals surface area contributed by atoms with Crippen LogP contribution in [0, 0.1) is 24.5 Å². The Hall–Kier alpha value is -7.62. The molecule has 0 fully saturated rings. The van der Waals surface area contributed by atoms with Crippen LogP contribution in [-0.4, -0.2) is 15.0 Å². The van der Waals surface area contributed by atoms with Gasteiger partial charge in [0.25, 0.3) is 0 Å². The minimum atomic E-state index is -5.07. The van der Waals surface area contributed by atoms with Crippen molar-refractivity contribution >= 4 is 44.1 Å². The number of alkyl halides is 6. The maximum atomic E-state index is 14.0. The maximum Gasteiger partial charge on any atom is 0.416 e. The van der Waals surface area contributed by atoms with E-state index in [-0.39, 0.29) is 39.5 Å². The Morgan fingerprint density at radius 2 is 1.11 bits per heavy atom. The van der Waals surface area contributed by atoms with E-state index in [0.29, 0.717) is 73.2 Å². The van der Waals surface area contributed by atoms with Crippen LogP contribution < -0.4 is 0 Å². The molecule has 0 spiro atoms. The fraction of sp³-hybridized carbons (Fsp3) is 0.0455. The van der Waals surface area contributed by atoms with Gasteiger partial charge in [-0.3, -0.25) is 0 Å². The van der Waals surface area contributed by atoms with Gasteiger partial charge in [-0.1, -0.05) is 78.9 Å². The first-order valence-electron chi connectivity index (χ1n) is 16.7. The van der Waals surface area contributed by atoms with Gasteiger partial charge < -0.3 is 0 Å². The number of hydrogen-bond acceptors (Lipinski definition) is 4. The number of halogens is 6. The van der Waals surface area contributed by atoms with Crippen molar-refractivity contribution in [3.05, 3.63) is 161 Å². The zero-order chi connectivity index (χ0) is 39.4. The van der Waals surface area contributed by atoms with Gasteiger partial charge >= 0.3 is 12.4 Å². The molecule has 0 bridgehead atoms. The second kappa shape index (κ2) is 13.3. The number of rotatable bonds is 4. The van der Waals surface area contributed by atoms with Crippen LogP contribution >= 0.6 is 0 Å². The average Bonchev–Trinajstić information content (AvgIpc) is 3.21. The molecule has 0 amide bonds. The van der Waals surface area contributed by atoms with E-state index in [4.69, 9.17) is 28.1 Å². The third kappa shape index (κ3) is 6.17. The molecule has 6 nitrogen and oxygen atoms in total. The molecule has 268 valence electrons. The summed E-state index contributed by atoms with van der Waals surface area (Å²) in [6.07, 6.45) is -10.1. The molecule has 2 aromatic heterocycles. The number of pyridine rings is 1. The lowest BCUT2D eigenvalue weighted by molar-refractivity contribution is -0.143. The molecule has 0 unspecified atom stereocenters. The van der Waals surface area contributed by atoms with Crippen molar-refractivity contribution in [2.45, 2.75) is 12.4 Å². The van der Waals surface area contributed by atoms with Gasteiger partial charge in [-0.2, -0.15) is 31.6 Å². The van der Waals surface area contributed by atoms with Crippen LogP contribution in [0.25, 0.3) is 87.3 Å². The first-order valence-corrected chi connectivity index (χ1v) is 16.7. The predicted octanol–water partition coefficient (Wildman–Crippen LogP) is 13.0. The van der Waals surface area contributed by atoms with Gasteiger partial charge in [0.15, 0.2) is 11.4 Å². The summed E-state index contributed by atoms with van der Waals surface area (Å²) >= 11 is 0. The predicted molar refractivity (Wildman–Crippen MR) is 201 cm³/mol. The number of nitrogens with zero attached hydrogens (tertiary/aromatic N) is 6. The van der Waals surface area contributed by atoms with E-state index in [9.17, 15) is 31.6 Å². The minimum absolute atomic E-state index is 0.0340. The lowest BCUT2D eigenvalue weighted by atomic mass is 9.90. The van der Waals surface area contributed by atoms with E-state index in [2.05, 4.69) is 15.8 Å². The second-order valence-electron chi connectivity index (χ2n) is 12.7. The average molecular weight is 747 g/mol. The van der Waals surface area contributed by atoms with E-state index in [1.54, 1.807) is 84.9 Å². The molecule has 0 saturated carbocycles. The maximum absolute atomic E-state index is 14.0. The Bertz CT molecular complexity index is 2990. The van der Waals surface area contributed by atoms with Crippen molar-refractivity contribution in [2.75, 3.05) is 0 Å². The fourth-order valence-corrected chi connectivity index (χ4v) is 6.78. The van der Waals surface area contributed by atoms with Gasteiger partial charge in [-0.05, 0) is 59.2 Å². The lowest BCUT2D eigenvalue weighted by Crippen LogP contribution is -2.11. The second-order valence-corrected chi connectivity index (χ2v) is 12.7. The molecular formula is C44H20F6N6. The molecule has 6 aromatic carbocycles. The highest BCUT2D eigenvalue weighted by Crippen LogP contribution is 2.47. The monoisotopic (exact) mass is 746 g/mol. The summed E-state index contributed by atoms with van der Waals surface area (Å²) in [5.41, 5.74) is 1.20. The normalized spacial score (nSPS) is 11.7. The lowest BCUT2D eigenvalue weighted by Gasteiger charge is -2.19. The highest BCUT2D eigenvalue weighted by atomic mass is 19.4. The van der Waals surface area contributed by atoms with Crippen LogP contribution in [0.1, 0.15) is 16.7 Å². The smallest absolute Gasteiger partial charge is 0.248 e. The topological polar surface area (TPSA) is 71.2 Å². The summed E-state index contributed by atoms with van der Waals surface area (Å²) in [4.78, 5) is 22.4. The number of aromatic nitrogens is 3. The first-order chi connectivity index (χ1) is 26.9. The number of para-hydroxylation sites is 1. The molecule has 0 aliphatic heterocycles. The fourth-order valence-electron chi connectivity index (χ4n) is 6.78. The molecule has 0 aliphatic rings. The molecule has 0 saturated heterocycles. The Morgan fingerprint density at radius 3 is 1.71 bits per heavy atom. The van der Waals surface area contributed by atoms with Crippen molar-refractivity contribution in [2.24, 2.45) is 0 Å². The zero-order valence-corrected chi connectivity index (χ0v) is 28.5. The van der Waals surface area contributed by atoms with Gasteiger partial charge in [0.2, 0.25) is 0 Å². The number of fused-ring (bicyclic) bond motifs is 5. The van der Waals surface area contributed by atoms with E-state index < -0.39 is 23.5 Å². The number of nitriles is 1. The molecule has 0 atom stereocenters. The van der Waals surface area contributed by atoms with Gasteiger partial charge in [-0.15, -0.1) is 0 Å². The molecule has 0 radical (unpaired) electrons. The first kappa shape index (κ1) is 35.4. The van der Waals surface area contributed by atoms with E-state index in [1.165, 1.54) is 18.2 Å². The van der Waals surface area contributed by atoms with Crippen molar-refractivity contribution in [1.29, 1.82) is 5.26 Å². The van der Waals surface area contributed by atoms with E-state index in [1.807, 2.05) is 0 Å². The Morgan fingerprint density at radius 1 is 0.536 bits per heavy atom. The molecule has 12 heteroatoms. The highest BCUT2D eigenvalue weighted by Gasteiger charge is 2.37. The van der Waals surface area contributed by atoms with Crippen molar-refractivity contribution < 1.29 is 26.3 Å². The molecule has 56 heavy (non-hydrogen) atoms. The van der Waals surface area contributed by atoms with Crippen LogP contribution in [0.4, 0.5) is 37.7 Å². The number of hydrogen-bond donors (Lipinski definition) is 0. The summed E-state index contributed by atoms with van der Waals surface area (Å²) in [5, 5.41) is 10.8. The summed E-state index contributed by atoms with van der Waals surface area (Å²) in [6.45, 7) is 15.7. The summed E-state index contributed by atoms with van der Waals surface area (Å²) in [5.74, 6) is 0. The molecule has 0 aliphatic carbocycles. The highest BCUT2D eigenvalue weighted by molar-refractivity contribution is 6.25. The zero-order valence-electron chi connectivity index (χ0n) is 28.5. The minimum Gasteiger partial charge on any atom is -0.248 e. The van der Waals surface area contributed by atoms with Gasteiger partial charge in [0.1, 0.15) is 0 Å². The summed E-state index contributed by atoms with van der Waals surface area (Å²) in [6, 6.07) is 31.6. The molecule has 8 rings (SSSR count). The third-order valence-corrected chi connectivity index (χ3v) is 9.34. The molecule has 0 N–H and O–H groups in total. The Labute approximate surface area is 314 Å². The van der Waals surface area contributed by atoms with Crippen molar-refractivity contribution in [3.8, 4) is 51.0 Å². The standard InChI is InChI=1S/C44H20F6N6/c1-52-30-17-15-26(16-18-30)39-40(25-13-11-24(23-51)12-14-25)56-42-36(55-39)22-35(53-2)38-37(42)33-9-5-6-10-34(33)54-41(38)32-8-4-3-7-31(32)27-19-28(43(45,46)47)21-29(20-27)44(48,49)50/h3-22H. The molecular weight excluding hydrogens is 727 g/mol. The van der Waals surface area contributed by atoms with E-state index in [0.717, 1.165) is 0 Å². The van der Waals surface area contributed by atoms with Crippen LogP contribution in [0.2, 0.25) is 0 Å². The largest absolute Gasteiger partial charge is 0.416 e. The van der Waals surface area contributed by atoms with Gasteiger partial charge in [0.05, 0.1) is 69.5 Å².